The summed E-state index contributed by atoms with van der Waals surface area (Å²) in [5.41, 5.74) is -1.32. The molecule has 3 N–H and O–H groups in total. The van der Waals surface area contributed by atoms with Crippen LogP contribution in [0.1, 0.15) is 51.6 Å². The lowest BCUT2D eigenvalue weighted by molar-refractivity contribution is -0.139. The van der Waals surface area contributed by atoms with Gasteiger partial charge in [0.25, 0.3) is 11.8 Å². The van der Waals surface area contributed by atoms with Gasteiger partial charge in [0.1, 0.15) is 29.6 Å². The Morgan fingerprint density at radius 2 is 1.84 bits per heavy atom. The smallest absolute Gasteiger partial charge is 0.423 e. The summed E-state index contributed by atoms with van der Waals surface area (Å²) in [5.74, 6) is -3.89. The Bertz CT molecular complexity index is 1530. The van der Waals surface area contributed by atoms with Crippen molar-refractivity contribution >= 4 is 23.5 Å². The molecule has 4 rings (SSSR count). The average Bonchev–Trinajstić information content (AvgIpc) is 3.00. The molecular weight excluding hydrogens is 603 g/mol. The first-order valence-corrected chi connectivity index (χ1v) is 14.2. The van der Waals surface area contributed by atoms with Gasteiger partial charge < -0.3 is 30.3 Å². The average molecular weight is 637 g/mol. The number of piperidine rings is 1. The first kappa shape index (κ1) is 33.4. The van der Waals surface area contributed by atoms with Crippen LogP contribution >= 0.6 is 0 Å². The number of likely N-dealkylation sites (tertiary alicyclic amines) is 1. The quantitative estimate of drug-likeness (QED) is 0.244. The fourth-order valence-electron chi connectivity index (χ4n) is 4.80. The summed E-state index contributed by atoms with van der Waals surface area (Å²) >= 11 is 0. The highest BCUT2D eigenvalue weighted by molar-refractivity contribution is 5.98. The van der Waals surface area contributed by atoms with E-state index in [9.17, 15) is 27.2 Å². The number of halogens is 5. The molecule has 1 fully saturated rings. The molecule has 2 amide bonds. The molecule has 0 atom stereocenters. The topological polar surface area (TPSA) is 118 Å². The van der Waals surface area contributed by atoms with E-state index in [0.29, 0.717) is 31.0 Å². The van der Waals surface area contributed by atoms with E-state index >= 15 is 4.39 Å². The predicted molar refractivity (Wildman–Crippen MR) is 155 cm³/mol. The normalized spacial score (nSPS) is 14.1. The maximum absolute atomic E-state index is 15.2. The van der Waals surface area contributed by atoms with Crippen molar-refractivity contribution in [3.05, 3.63) is 64.6 Å². The number of hydrogen-bond acceptors (Lipinski definition) is 8. The summed E-state index contributed by atoms with van der Waals surface area (Å²) in [6.45, 7) is 2.16. The fourth-order valence-corrected chi connectivity index (χ4v) is 4.80. The number of carbonyl (C=O) groups excluding carboxylic acids is 2. The maximum Gasteiger partial charge on any atom is 0.423 e. The molecule has 0 bridgehead atoms. The summed E-state index contributed by atoms with van der Waals surface area (Å²) in [6.07, 6.45) is -2.72. The summed E-state index contributed by atoms with van der Waals surface area (Å²) in [5, 5.41) is 7.79. The van der Waals surface area contributed by atoms with Crippen molar-refractivity contribution in [3.63, 3.8) is 0 Å². The van der Waals surface area contributed by atoms with Crippen molar-refractivity contribution in [2.45, 2.75) is 38.4 Å². The van der Waals surface area contributed by atoms with Crippen LogP contribution in [0.4, 0.5) is 33.6 Å². The molecule has 1 aliphatic rings. The third-order valence-corrected chi connectivity index (χ3v) is 7.20. The molecule has 0 saturated carbocycles. The second kappa shape index (κ2) is 14.5. The lowest BCUT2D eigenvalue weighted by Crippen LogP contribution is -2.43. The number of aromatic nitrogens is 2. The number of rotatable bonds is 11. The maximum atomic E-state index is 15.2. The number of hydrogen-bond donors (Lipinski definition) is 3. The van der Waals surface area contributed by atoms with E-state index < -0.39 is 47.9 Å². The molecule has 3 aromatic rings. The number of nitrogens with one attached hydrogen (secondary N) is 3. The monoisotopic (exact) mass is 636 g/mol. The van der Waals surface area contributed by atoms with Gasteiger partial charge in [-0.25, -0.2) is 13.8 Å². The number of benzene rings is 2. The number of nitrogens with zero attached hydrogens (tertiary/aromatic N) is 3. The van der Waals surface area contributed by atoms with Gasteiger partial charge in [-0.3, -0.25) is 9.59 Å². The highest BCUT2D eigenvalue weighted by atomic mass is 19.4. The van der Waals surface area contributed by atoms with E-state index in [-0.39, 0.29) is 40.9 Å². The van der Waals surface area contributed by atoms with Crippen molar-refractivity contribution in [2.75, 3.05) is 45.8 Å². The summed E-state index contributed by atoms with van der Waals surface area (Å²) in [6, 6.07) is 6.36. The van der Waals surface area contributed by atoms with Crippen LogP contribution in [-0.2, 0) is 12.6 Å². The number of anilines is 2. The lowest BCUT2D eigenvalue weighted by atomic mass is 10.0. The third kappa shape index (κ3) is 8.15. The number of carbonyl (C=O) groups is 2. The molecule has 242 valence electrons. The molecule has 10 nitrogen and oxygen atoms in total. The van der Waals surface area contributed by atoms with Gasteiger partial charge in [0.05, 0.1) is 23.9 Å². The molecule has 1 aromatic heterocycles. The van der Waals surface area contributed by atoms with Gasteiger partial charge >= 0.3 is 6.18 Å². The van der Waals surface area contributed by atoms with E-state index in [1.165, 1.54) is 25.3 Å². The Morgan fingerprint density at radius 1 is 1.11 bits per heavy atom. The van der Waals surface area contributed by atoms with Crippen LogP contribution < -0.4 is 25.4 Å². The molecule has 0 radical (unpaired) electrons. The van der Waals surface area contributed by atoms with E-state index in [0.717, 1.165) is 19.2 Å². The molecule has 2 heterocycles. The van der Waals surface area contributed by atoms with Gasteiger partial charge in [0.15, 0.2) is 0 Å². The second-order valence-corrected chi connectivity index (χ2v) is 10.3. The largest absolute Gasteiger partial charge is 0.495 e. The number of aryl methyl sites for hydroxylation is 1. The molecule has 2 aromatic carbocycles. The van der Waals surface area contributed by atoms with Crippen LogP contribution in [0.3, 0.4) is 0 Å². The third-order valence-electron chi connectivity index (χ3n) is 7.20. The zero-order valence-electron chi connectivity index (χ0n) is 24.9. The standard InChI is InChI=1S/C30H33F5N6O4/c1-4-17-6-5-7-23(25(17)27(43)36-11-10-31)45-28-20(30(33,34)35)16-37-29(40-28)39-22-15-21(32)19(14-24(22)44-3)26(42)38-18-8-12-41(2)13-9-18/h5-7,14-16,18H,4,8-13H2,1-3H3,(H,36,43)(H,38,42)(H,37,39,40). The van der Waals surface area contributed by atoms with E-state index in [1.807, 2.05) is 7.05 Å². The lowest BCUT2D eigenvalue weighted by Gasteiger charge is -2.29. The zero-order valence-corrected chi connectivity index (χ0v) is 24.9. The number of ether oxygens (including phenoxy) is 2. The number of amides is 2. The Hall–Kier alpha value is -4.53. The van der Waals surface area contributed by atoms with Crippen LogP contribution in [0.2, 0.25) is 0 Å². The molecule has 0 spiro atoms. The Morgan fingerprint density at radius 3 is 2.49 bits per heavy atom. The predicted octanol–water partition coefficient (Wildman–Crippen LogP) is 5.26. The zero-order chi connectivity index (χ0) is 32.7. The molecular formula is C30H33F5N6O4. The van der Waals surface area contributed by atoms with Gasteiger partial charge in [-0.1, -0.05) is 19.1 Å². The first-order chi connectivity index (χ1) is 21.4. The van der Waals surface area contributed by atoms with Gasteiger partial charge in [-0.15, -0.1) is 0 Å². The highest BCUT2D eigenvalue weighted by Crippen LogP contribution is 2.39. The number of methoxy groups -OCH3 is 1. The van der Waals surface area contributed by atoms with Crippen LogP contribution in [0, 0.1) is 5.82 Å². The molecule has 15 heteroatoms. The van der Waals surface area contributed by atoms with Crippen molar-refractivity contribution < 1.29 is 41.0 Å². The van der Waals surface area contributed by atoms with Crippen LogP contribution in [0.25, 0.3) is 0 Å². The van der Waals surface area contributed by atoms with Gasteiger partial charge in [0, 0.05) is 24.8 Å². The molecule has 0 aliphatic carbocycles. The summed E-state index contributed by atoms with van der Waals surface area (Å²) in [7, 11) is 3.25. The van der Waals surface area contributed by atoms with Gasteiger partial charge in [-0.05, 0) is 57.1 Å². The van der Waals surface area contributed by atoms with Crippen molar-refractivity contribution in [2.24, 2.45) is 0 Å². The van der Waals surface area contributed by atoms with Crippen molar-refractivity contribution in [1.82, 2.24) is 25.5 Å². The van der Waals surface area contributed by atoms with Crippen LogP contribution in [0.15, 0.2) is 36.5 Å². The van der Waals surface area contributed by atoms with Crippen molar-refractivity contribution in [3.8, 4) is 17.4 Å². The molecule has 1 saturated heterocycles. The minimum absolute atomic E-state index is 0.00152. The Labute approximate surface area is 256 Å². The van der Waals surface area contributed by atoms with Crippen LogP contribution in [-0.4, -0.2) is 73.2 Å². The SMILES string of the molecule is CCc1cccc(Oc2nc(Nc3cc(F)c(C(=O)NC4CCN(C)CC4)cc3OC)ncc2C(F)(F)F)c1C(=O)NCCF. The van der Waals surface area contributed by atoms with E-state index in [4.69, 9.17) is 9.47 Å². The molecule has 1 aliphatic heterocycles. The summed E-state index contributed by atoms with van der Waals surface area (Å²) in [4.78, 5) is 35.3. The van der Waals surface area contributed by atoms with Gasteiger partial charge in [0.2, 0.25) is 11.8 Å². The van der Waals surface area contributed by atoms with E-state index in [2.05, 4.69) is 30.8 Å². The number of alkyl halides is 4. The van der Waals surface area contributed by atoms with Crippen molar-refractivity contribution in [1.29, 1.82) is 0 Å². The van der Waals surface area contributed by atoms with Gasteiger partial charge in [-0.2, -0.15) is 18.2 Å². The second-order valence-electron chi connectivity index (χ2n) is 10.3. The first-order valence-electron chi connectivity index (χ1n) is 14.2. The highest BCUT2D eigenvalue weighted by Gasteiger charge is 2.37. The minimum atomic E-state index is -4.95. The van der Waals surface area contributed by atoms with Crippen LogP contribution in [0.5, 0.6) is 17.4 Å². The summed E-state index contributed by atoms with van der Waals surface area (Å²) < 4.78 is 80.6. The Kier molecular flexibility index (Phi) is 10.8. The molecule has 45 heavy (non-hydrogen) atoms. The Balaban J connectivity index is 1.65. The minimum Gasteiger partial charge on any atom is -0.495 e. The van der Waals surface area contributed by atoms with E-state index in [1.54, 1.807) is 13.0 Å². The molecule has 0 unspecified atom stereocenters. The fraction of sp³-hybridized carbons (Fsp3) is 0.400.